The van der Waals surface area contributed by atoms with E-state index in [1.807, 2.05) is 6.92 Å². The Labute approximate surface area is 159 Å². The summed E-state index contributed by atoms with van der Waals surface area (Å²) in [5.74, 6) is -0.0796. The first-order valence-electron chi connectivity index (χ1n) is 9.63. The van der Waals surface area contributed by atoms with Gasteiger partial charge in [0.15, 0.2) is 0 Å². The van der Waals surface area contributed by atoms with Crippen molar-refractivity contribution in [2.24, 2.45) is 5.92 Å². The summed E-state index contributed by atoms with van der Waals surface area (Å²) in [6.07, 6.45) is 3.51. The Morgan fingerprint density at radius 1 is 1.15 bits per heavy atom. The van der Waals surface area contributed by atoms with Gasteiger partial charge in [0.2, 0.25) is 17.7 Å². The molecule has 0 spiro atoms. The quantitative estimate of drug-likeness (QED) is 0.692. The van der Waals surface area contributed by atoms with Crippen molar-refractivity contribution in [3.63, 3.8) is 0 Å². The van der Waals surface area contributed by atoms with E-state index in [1.165, 1.54) is 12.1 Å². The van der Waals surface area contributed by atoms with Gasteiger partial charge in [-0.05, 0) is 43.9 Å². The molecule has 3 N–H and O–H groups in total. The van der Waals surface area contributed by atoms with E-state index in [-0.39, 0.29) is 41.9 Å². The lowest BCUT2D eigenvalue weighted by molar-refractivity contribution is -0.138. The SMILES string of the molecule is CCNC(=O)[C@@H]1C[C@H](NC(=O)C2CCC2)CN1C(=O)Cc1ccc(O)cc1. The van der Waals surface area contributed by atoms with Crippen LogP contribution in [0.15, 0.2) is 24.3 Å². The Morgan fingerprint density at radius 3 is 2.44 bits per heavy atom. The molecule has 7 nitrogen and oxygen atoms in total. The highest BCUT2D eigenvalue weighted by Gasteiger charge is 2.40. The zero-order chi connectivity index (χ0) is 19.4. The normalized spacial score (nSPS) is 22.2. The van der Waals surface area contributed by atoms with E-state index in [9.17, 15) is 19.5 Å². The molecule has 1 saturated carbocycles. The van der Waals surface area contributed by atoms with Crippen molar-refractivity contribution in [1.82, 2.24) is 15.5 Å². The Bertz CT molecular complexity index is 700. The molecule has 1 saturated heterocycles. The van der Waals surface area contributed by atoms with Crippen molar-refractivity contribution in [3.8, 4) is 5.75 Å². The van der Waals surface area contributed by atoms with Gasteiger partial charge in [-0.25, -0.2) is 0 Å². The molecule has 0 unspecified atom stereocenters. The number of phenols is 1. The topological polar surface area (TPSA) is 98.7 Å². The minimum atomic E-state index is -0.568. The van der Waals surface area contributed by atoms with Crippen molar-refractivity contribution in [1.29, 1.82) is 0 Å². The maximum atomic E-state index is 12.8. The van der Waals surface area contributed by atoms with Crippen molar-refractivity contribution >= 4 is 17.7 Å². The van der Waals surface area contributed by atoms with Crippen molar-refractivity contribution < 1.29 is 19.5 Å². The molecule has 3 amide bonds. The first kappa shape index (κ1) is 19.2. The maximum Gasteiger partial charge on any atom is 0.242 e. The fourth-order valence-electron chi connectivity index (χ4n) is 3.64. The zero-order valence-corrected chi connectivity index (χ0v) is 15.6. The van der Waals surface area contributed by atoms with Gasteiger partial charge in [0.05, 0.1) is 6.42 Å². The van der Waals surface area contributed by atoms with Crippen LogP contribution in [0.2, 0.25) is 0 Å². The number of carbonyl (C=O) groups is 3. The summed E-state index contributed by atoms with van der Waals surface area (Å²) in [5, 5.41) is 15.2. The number of nitrogens with zero attached hydrogens (tertiary/aromatic N) is 1. The van der Waals surface area contributed by atoms with Crippen LogP contribution in [-0.2, 0) is 20.8 Å². The Hall–Kier alpha value is -2.57. The van der Waals surface area contributed by atoms with Gasteiger partial charge in [0.25, 0.3) is 0 Å². The Balaban J connectivity index is 1.66. The molecule has 27 heavy (non-hydrogen) atoms. The highest BCUT2D eigenvalue weighted by molar-refractivity contribution is 5.89. The monoisotopic (exact) mass is 373 g/mol. The molecule has 1 aromatic rings. The zero-order valence-electron chi connectivity index (χ0n) is 15.6. The van der Waals surface area contributed by atoms with Gasteiger partial charge in [-0.3, -0.25) is 14.4 Å². The average molecular weight is 373 g/mol. The molecule has 0 aromatic heterocycles. The van der Waals surface area contributed by atoms with Crippen LogP contribution in [0, 0.1) is 5.92 Å². The van der Waals surface area contributed by atoms with E-state index in [0.29, 0.717) is 19.5 Å². The highest BCUT2D eigenvalue weighted by atomic mass is 16.3. The molecule has 146 valence electrons. The average Bonchev–Trinajstić information content (AvgIpc) is 2.99. The fraction of sp³-hybridized carbons (Fsp3) is 0.550. The number of carbonyl (C=O) groups excluding carboxylic acids is 3. The van der Waals surface area contributed by atoms with E-state index in [2.05, 4.69) is 10.6 Å². The van der Waals surface area contributed by atoms with Crippen molar-refractivity contribution in [2.45, 2.75) is 51.1 Å². The van der Waals surface area contributed by atoms with Gasteiger partial charge in [-0.1, -0.05) is 18.6 Å². The summed E-state index contributed by atoms with van der Waals surface area (Å²) < 4.78 is 0. The van der Waals surface area contributed by atoms with Crippen LogP contribution in [0.25, 0.3) is 0 Å². The highest BCUT2D eigenvalue weighted by Crippen LogP contribution is 2.27. The number of phenolic OH excluding ortho intramolecular Hbond substituents is 1. The van der Waals surface area contributed by atoms with Gasteiger partial charge in [-0.15, -0.1) is 0 Å². The first-order chi connectivity index (χ1) is 13.0. The van der Waals surface area contributed by atoms with Gasteiger partial charge < -0.3 is 20.6 Å². The molecule has 0 radical (unpaired) electrons. The van der Waals surface area contributed by atoms with E-state index < -0.39 is 6.04 Å². The van der Waals surface area contributed by atoms with E-state index in [4.69, 9.17) is 0 Å². The van der Waals surface area contributed by atoms with Gasteiger partial charge in [0.1, 0.15) is 11.8 Å². The van der Waals surface area contributed by atoms with Gasteiger partial charge in [-0.2, -0.15) is 0 Å². The summed E-state index contributed by atoms with van der Waals surface area (Å²) in [6.45, 7) is 2.68. The fourth-order valence-corrected chi connectivity index (χ4v) is 3.64. The molecule has 2 aliphatic rings. The first-order valence-corrected chi connectivity index (χ1v) is 9.63. The third kappa shape index (κ3) is 4.59. The third-order valence-corrected chi connectivity index (χ3v) is 5.39. The van der Waals surface area contributed by atoms with E-state index in [0.717, 1.165) is 24.8 Å². The number of hydrogen-bond acceptors (Lipinski definition) is 4. The lowest BCUT2D eigenvalue weighted by Crippen LogP contribution is -2.46. The van der Waals surface area contributed by atoms with Crippen LogP contribution in [0.4, 0.5) is 0 Å². The number of amides is 3. The van der Waals surface area contributed by atoms with Crippen LogP contribution in [-0.4, -0.2) is 52.9 Å². The second kappa shape index (κ2) is 8.41. The van der Waals surface area contributed by atoms with Crippen LogP contribution in [0.5, 0.6) is 5.75 Å². The number of rotatable bonds is 6. The number of likely N-dealkylation sites (N-methyl/N-ethyl adjacent to an activating group) is 1. The molecule has 0 bridgehead atoms. The standard InChI is InChI=1S/C20H27N3O4/c1-2-21-20(27)17-11-15(22-19(26)14-4-3-5-14)12-23(17)18(25)10-13-6-8-16(24)9-7-13/h6-9,14-15,17,24H,2-5,10-12H2,1H3,(H,21,27)(H,22,26)/t15-,17-/m0/s1. The lowest BCUT2D eigenvalue weighted by atomic mass is 9.84. The van der Waals surface area contributed by atoms with Crippen LogP contribution < -0.4 is 10.6 Å². The third-order valence-electron chi connectivity index (χ3n) is 5.39. The predicted molar refractivity (Wildman–Crippen MR) is 99.9 cm³/mol. The second-order valence-corrected chi connectivity index (χ2v) is 7.37. The largest absolute Gasteiger partial charge is 0.508 e. The van der Waals surface area contributed by atoms with E-state index >= 15 is 0 Å². The number of benzene rings is 1. The van der Waals surface area contributed by atoms with Gasteiger partial charge >= 0.3 is 0 Å². The van der Waals surface area contributed by atoms with Crippen molar-refractivity contribution in [3.05, 3.63) is 29.8 Å². The minimum absolute atomic E-state index is 0.0359. The molecule has 1 aliphatic heterocycles. The molecule has 1 aliphatic carbocycles. The van der Waals surface area contributed by atoms with Crippen LogP contribution in [0.1, 0.15) is 38.2 Å². The minimum Gasteiger partial charge on any atom is -0.508 e. The molecular formula is C20H27N3O4. The second-order valence-electron chi connectivity index (χ2n) is 7.37. The molecule has 3 rings (SSSR count). The molecule has 2 atom stereocenters. The smallest absolute Gasteiger partial charge is 0.242 e. The summed E-state index contributed by atoms with van der Waals surface area (Å²) in [6, 6.07) is 5.70. The predicted octanol–water partition coefficient (Wildman–Crippen LogP) is 0.957. The van der Waals surface area contributed by atoms with E-state index in [1.54, 1.807) is 17.0 Å². The Kier molecular flexibility index (Phi) is 5.98. The lowest BCUT2D eigenvalue weighted by Gasteiger charge is -2.26. The summed E-state index contributed by atoms with van der Waals surface area (Å²) in [4.78, 5) is 39.1. The van der Waals surface area contributed by atoms with Gasteiger partial charge in [0, 0.05) is 25.0 Å². The summed E-state index contributed by atoms with van der Waals surface area (Å²) >= 11 is 0. The molecule has 1 aromatic carbocycles. The number of nitrogens with one attached hydrogen (secondary N) is 2. The van der Waals surface area contributed by atoms with Crippen LogP contribution in [0.3, 0.4) is 0 Å². The molecule has 7 heteroatoms. The van der Waals surface area contributed by atoms with Crippen molar-refractivity contribution in [2.75, 3.05) is 13.1 Å². The Morgan fingerprint density at radius 2 is 1.85 bits per heavy atom. The summed E-state index contributed by atoms with van der Waals surface area (Å²) in [7, 11) is 0. The number of hydrogen-bond donors (Lipinski definition) is 3. The van der Waals surface area contributed by atoms with Crippen LogP contribution >= 0.6 is 0 Å². The number of likely N-dealkylation sites (tertiary alicyclic amines) is 1. The molecule has 2 fully saturated rings. The maximum absolute atomic E-state index is 12.8. The number of aromatic hydroxyl groups is 1. The summed E-state index contributed by atoms with van der Waals surface area (Å²) in [5.41, 5.74) is 0.773. The molecular weight excluding hydrogens is 346 g/mol. The molecule has 1 heterocycles.